The molecule has 3 heteroatoms. The fourth-order valence-electron chi connectivity index (χ4n) is 3.33. The van der Waals surface area contributed by atoms with Gasteiger partial charge in [0.25, 0.3) is 0 Å². The van der Waals surface area contributed by atoms with Crippen LogP contribution in [0.5, 0.6) is 0 Å². The van der Waals surface area contributed by atoms with Crippen LogP contribution in [0, 0.1) is 0 Å². The lowest BCUT2D eigenvalue weighted by atomic mass is 10.0. The van der Waals surface area contributed by atoms with Gasteiger partial charge in [-0.05, 0) is 6.42 Å². The van der Waals surface area contributed by atoms with Crippen LogP contribution in [0.2, 0.25) is 0 Å². The van der Waals surface area contributed by atoms with Crippen molar-refractivity contribution in [2.24, 2.45) is 0 Å². The maximum absolute atomic E-state index is 11.7. The van der Waals surface area contributed by atoms with Crippen LogP contribution in [0.1, 0.15) is 110 Å². The number of hydrogen-bond donors (Lipinski definition) is 0. The standard InChI is InChI=1S/C22H46N2O/c1-5-6-7-8-9-10-11-12-13-14-15-16-17-18-19-20-21-24(4)22(25)23(2)3/h5-21H2,1-4H3. The minimum absolute atomic E-state index is 0.112. The van der Waals surface area contributed by atoms with E-state index in [1.165, 1.54) is 96.3 Å². The second-order valence-electron chi connectivity index (χ2n) is 7.90. The molecular weight excluding hydrogens is 308 g/mol. The molecule has 0 aromatic carbocycles. The minimum atomic E-state index is 0.112. The third kappa shape index (κ3) is 16.5. The molecule has 0 saturated heterocycles. The summed E-state index contributed by atoms with van der Waals surface area (Å²) in [4.78, 5) is 15.2. The molecule has 0 saturated carbocycles. The minimum Gasteiger partial charge on any atom is -0.331 e. The first-order valence-corrected chi connectivity index (χ1v) is 11.0. The highest BCUT2D eigenvalue weighted by atomic mass is 16.2. The third-order valence-corrected chi connectivity index (χ3v) is 5.06. The number of amides is 2. The van der Waals surface area contributed by atoms with E-state index in [1.807, 2.05) is 26.0 Å². The van der Waals surface area contributed by atoms with Crippen molar-refractivity contribution in [1.82, 2.24) is 9.80 Å². The van der Waals surface area contributed by atoms with Gasteiger partial charge >= 0.3 is 6.03 Å². The molecule has 0 spiro atoms. The number of hydrogen-bond acceptors (Lipinski definition) is 1. The van der Waals surface area contributed by atoms with E-state index in [0.717, 1.165) is 13.0 Å². The molecule has 0 fully saturated rings. The molecule has 2 amide bonds. The van der Waals surface area contributed by atoms with Gasteiger partial charge in [0, 0.05) is 27.7 Å². The number of carbonyl (C=O) groups excluding carboxylic acids is 1. The van der Waals surface area contributed by atoms with Crippen LogP contribution < -0.4 is 0 Å². The molecule has 0 aromatic heterocycles. The van der Waals surface area contributed by atoms with Gasteiger partial charge in [0.05, 0.1) is 0 Å². The van der Waals surface area contributed by atoms with Crippen molar-refractivity contribution < 1.29 is 4.79 Å². The van der Waals surface area contributed by atoms with Crippen LogP contribution in [0.3, 0.4) is 0 Å². The van der Waals surface area contributed by atoms with Gasteiger partial charge in [-0.15, -0.1) is 0 Å². The second-order valence-corrected chi connectivity index (χ2v) is 7.90. The molecule has 0 radical (unpaired) electrons. The van der Waals surface area contributed by atoms with Gasteiger partial charge < -0.3 is 9.80 Å². The monoisotopic (exact) mass is 354 g/mol. The molecule has 0 unspecified atom stereocenters. The van der Waals surface area contributed by atoms with Crippen molar-refractivity contribution in [2.45, 2.75) is 110 Å². The average Bonchev–Trinajstić information content (AvgIpc) is 2.60. The first kappa shape index (κ1) is 24.3. The predicted molar refractivity (Wildman–Crippen MR) is 111 cm³/mol. The highest BCUT2D eigenvalue weighted by Crippen LogP contribution is 2.13. The van der Waals surface area contributed by atoms with Crippen LogP contribution in [0.4, 0.5) is 4.79 Å². The molecule has 0 N–H and O–H groups in total. The summed E-state index contributed by atoms with van der Waals surface area (Å²) in [6, 6.07) is 0.112. The fourth-order valence-corrected chi connectivity index (χ4v) is 3.33. The Morgan fingerprint density at radius 2 is 0.880 bits per heavy atom. The van der Waals surface area contributed by atoms with Crippen molar-refractivity contribution in [2.75, 3.05) is 27.7 Å². The van der Waals surface area contributed by atoms with E-state index in [-0.39, 0.29) is 6.03 Å². The Morgan fingerprint density at radius 3 is 1.20 bits per heavy atom. The molecule has 0 atom stereocenters. The van der Waals surface area contributed by atoms with Crippen molar-refractivity contribution in [3.8, 4) is 0 Å². The fraction of sp³-hybridized carbons (Fsp3) is 0.955. The normalized spacial score (nSPS) is 10.9. The smallest absolute Gasteiger partial charge is 0.319 e. The van der Waals surface area contributed by atoms with Crippen molar-refractivity contribution in [3.63, 3.8) is 0 Å². The van der Waals surface area contributed by atoms with Crippen molar-refractivity contribution >= 4 is 6.03 Å². The molecule has 150 valence electrons. The lowest BCUT2D eigenvalue weighted by Crippen LogP contribution is -2.36. The zero-order valence-electron chi connectivity index (χ0n) is 17.8. The van der Waals surface area contributed by atoms with Gasteiger partial charge in [-0.25, -0.2) is 4.79 Å². The number of carbonyl (C=O) groups is 1. The molecule has 3 nitrogen and oxygen atoms in total. The second kappa shape index (κ2) is 18.1. The molecule has 0 aliphatic rings. The van der Waals surface area contributed by atoms with Crippen LogP contribution >= 0.6 is 0 Å². The number of unbranched alkanes of at least 4 members (excludes halogenated alkanes) is 15. The van der Waals surface area contributed by atoms with Crippen LogP contribution in [-0.4, -0.2) is 43.5 Å². The lowest BCUT2D eigenvalue weighted by molar-refractivity contribution is 0.181. The van der Waals surface area contributed by atoms with E-state index in [2.05, 4.69) is 6.92 Å². The Kier molecular flexibility index (Phi) is 17.5. The van der Waals surface area contributed by atoms with Gasteiger partial charge in [-0.3, -0.25) is 0 Å². The quantitative estimate of drug-likeness (QED) is 0.262. The van der Waals surface area contributed by atoms with E-state index in [0.29, 0.717) is 0 Å². The van der Waals surface area contributed by atoms with E-state index in [9.17, 15) is 4.79 Å². The zero-order chi connectivity index (χ0) is 18.8. The van der Waals surface area contributed by atoms with Crippen LogP contribution in [0.15, 0.2) is 0 Å². The summed E-state index contributed by atoms with van der Waals surface area (Å²) in [6.07, 6.45) is 22.2. The number of rotatable bonds is 17. The summed E-state index contributed by atoms with van der Waals surface area (Å²) >= 11 is 0. The average molecular weight is 355 g/mol. The SMILES string of the molecule is CCCCCCCCCCCCCCCCCCN(C)C(=O)N(C)C. The predicted octanol–water partition coefficient (Wildman–Crippen LogP) is 6.86. The van der Waals surface area contributed by atoms with Gasteiger partial charge in [0.15, 0.2) is 0 Å². The first-order chi connectivity index (χ1) is 12.1. The van der Waals surface area contributed by atoms with Crippen LogP contribution in [-0.2, 0) is 0 Å². The summed E-state index contributed by atoms with van der Waals surface area (Å²) in [5, 5.41) is 0. The van der Waals surface area contributed by atoms with Gasteiger partial charge in [0.1, 0.15) is 0 Å². The Hall–Kier alpha value is -0.730. The summed E-state index contributed by atoms with van der Waals surface area (Å²) in [6.45, 7) is 3.17. The molecule has 25 heavy (non-hydrogen) atoms. The largest absolute Gasteiger partial charge is 0.331 e. The molecule has 0 heterocycles. The summed E-state index contributed by atoms with van der Waals surface area (Å²) < 4.78 is 0. The molecule has 0 aromatic rings. The Labute approximate surface area is 158 Å². The van der Waals surface area contributed by atoms with Gasteiger partial charge in [0.2, 0.25) is 0 Å². The van der Waals surface area contributed by atoms with E-state index >= 15 is 0 Å². The van der Waals surface area contributed by atoms with E-state index < -0.39 is 0 Å². The highest BCUT2D eigenvalue weighted by Gasteiger charge is 2.09. The van der Waals surface area contributed by atoms with E-state index in [4.69, 9.17) is 0 Å². The van der Waals surface area contributed by atoms with Gasteiger partial charge in [-0.1, -0.05) is 103 Å². The Bertz CT molecular complexity index is 292. The van der Waals surface area contributed by atoms with E-state index in [1.54, 1.807) is 4.90 Å². The molecule has 0 rings (SSSR count). The topological polar surface area (TPSA) is 23.6 Å². The maximum Gasteiger partial charge on any atom is 0.319 e. The molecular formula is C22H46N2O. The molecule has 0 aliphatic heterocycles. The zero-order valence-corrected chi connectivity index (χ0v) is 17.8. The van der Waals surface area contributed by atoms with Crippen molar-refractivity contribution in [3.05, 3.63) is 0 Å². The van der Waals surface area contributed by atoms with Crippen molar-refractivity contribution in [1.29, 1.82) is 0 Å². The number of urea groups is 1. The summed E-state index contributed by atoms with van der Waals surface area (Å²) in [5.74, 6) is 0. The van der Waals surface area contributed by atoms with Gasteiger partial charge in [-0.2, -0.15) is 0 Å². The Balaban J connectivity index is 3.15. The first-order valence-electron chi connectivity index (χ1n) is 11.0. The van der Waals surface area contributed by atoms with Crippen LogP contribution in [0.25, 0.3) is 0 Å². The maximum atomic E-state index is 11.7. The Morgan fingerprint density at radius 1 is 0.560 bits per heavy atom. The summed E-state index contributed by atoms with van der Waals surface area (Å²) in [7, 11) is 5.52. The third-order valence-electron chi connectivity index (χ3n) is 5.06. The molecule has 0 bridgehead atoms. The summed E-state index contributed by atoms with van der Waals surface area (Å²) in [5.41, 5.74) is 0. The molecule has 0 aliphatic carbocycles. The highest BCUT2D eigenvalue weighted by molar-refractivity contribution is 5.73. The lowest BCUT2D eigenvalue weighted by Gasteiger charge is -2.21. The number of nitrogens with zero attached hydrogens (tertiary/aromatic N) is 2.